The fourth-order valence-corrected chi connectivity index (χ4v) is 4.63. The molecule has 0 unspecified atom stereocenters. The number of carbonyl (C=O) groups is 3. The zero-order valence-electron chi connectivity index (χ0n) is 14.5. The zero-order chi connectivity index (χ0) is 18.9. The predicted octanol–water partition coefficient (Wildman–Crippen LogP) is 1.88. The smallest absolute Gasteiger partial charge is 0.330 e. The van der Waals surface area contributed by atoms with E-state index in [1.807, 2.05) is 13.0 Å². The quantitative estimate of drug-likeness (QED) is 0.809. The molecular weight excluding hydrogens is 354 g/mol. The monoisotopic (exact) mass is 373 g/mol. The first-order valence-electron chi connectivity index (χ1n) is 8.32. The van der Waals surface area contributed by atoms with E-state index in [-0.39, 0.29) is 10.8 Å². The van der Waals surface area contributed by atoms with Crippen LogP contribution in [0.4, 0.5) is 5.69 Å². The molecule has 0 aromatic heterocycles. The third-order valence-electron chi connectivity index (χ3n) is 4.64. The topological polar surface area (TPSA) is 99.5 Å². The lowest BCUT2D eigenvalue weighted by Gasteiger charge is -2.29. The van der Waals surface area contributed by atoms with Crippen molar-refractivity contribution < 1.29 is 19.1 Å². The van der Waals surface area contributed by atoms with Crippen molar-refractivity contribution in [3.63, 3.8) is 0 Å². The van der Waals surface area contributed by atoms with E-state index in [1.165, 1.54) is 13.0 Å². The maximum atomic E-state index is 12.5. The minimum Gasteiger partial charge on any atom is -0.451 e. The lowest BCUT2D eigenvalue weighted by atomic mass is 10.2. The third kappa shape index (κ3) is 3.40. The van der Waals surface area contributed by atoms with Crippen molar-refractivity contribution in [1.82, 2.24) is 4.90 Å². The maximum Gasteiger partial charge on any atom is 0.330 e. The Bertz CT molecular complexity index is 806. The molecule has 8 heteroatoms. The highest BCUT2D eigenvalue weighted by atomic mass is 32.2. The van der Waals surface area contributed by atoms with Crippen molar-refractivity contribution in [3.05, 3.63) is 29.8 Å². The average molecular weight is 373 g/mol. The van der Waals surface area contributed by atoms with Gasteiger partial charge in [0.05, 0.1) is 16.5 Å². The molecule has 2 fully saturated rings. The Hall–Kier alpha value is -2.53. The molecule has 1 aromatic carbocycles. The third-order valence-corrected chi connectivity index (χ3v) is 6.14. The molecule has 0 radical (unpaired) electrons. The van der Waals surface area contributed by atoms with Crippen molar-refractivity contribution in [1.29, 1.82) is 5.26 Å². The Morgan fingerprint density at radius 1 is 1.50 bits per heavy atom. The number of rotatable bonds is 4. The lowest BCUT2D eigenvalue weighted by molar-refractivity contribution is -0.160. The molecule has 1 N–H and O–H groups in total. The number of nitrogens with zero attached hydrogens (tertiary/aromatic N) is 2. The van der Waals surface area contributed by atoms with E-state index < -0.39 is 24.0 Å². The summed E-state index contributed by atoms with van der Waals surface area (Å²) >= 11 is 1.57. The molecular formula is C18H19N3O4S. The van der Waals surface area contributed by atoms with Gasteiger partial charge in [-0.15, -0.1) is 11.8 Å². The zero-order valence-corrected chi connectivity index (χ0v) is 15.3. The number of ether oxygens (including phenoxy) is 1. The van der Waals surface area contributed by atoms with Crippen molar-refractivity contribution in [2.75, 3.05) is 11.1 Å². The van der Waals surface area contributed by atoms with Crippen molar-refractivity contribution in [3.8, 4) is 6.07 Å². The average Bonchev–Trinajstić information content (AvgIpc) is 3.11. The number of anilines is 1. The van der Waals surface area contributed by atoms with Gasteiger partial charge in [-0.1, -0.05) is 6.07 Å². The SMILES string of the molecule is C[C@H](OC(=O)[C@H]1CS[C@]2(C)CCC(=O)N12)C(=O)Nc1cccc(C#N)c1. The summed E-state index contributed by atoms with van der Waals surface area (Å²) in [6.45, 7) is 3.43. The minimum atomic E-state index is -1.01. The highest BCUT2D eigenvalue weighted by Crippen LogP contribution is 2.47. The molecule has 0 aliphatic carbocycles. The van der Waals surface area contributed by atoms with Gasteiger partial charge in [0, 0.05) is 17.9 Å². The van der Waals surface area contributed by atoms with Gasteiger partial charge in [-0.05, 0) is 38.5 Å². The minimum absolute atomic E-state index is 0.0510. The summed E-state index contributed by atoms with van der Waals surface area (Å²) in [5, 5.41) is 11.5. The first kappa shape index (κ1) is 18.3. The molecule has 0 bridgehead atoms. The fraction of sp³-hybridized carbons (Fsp3) is 0.444. The number of thioether (sulfide) groups is 1. The normalized spacial score (nSPS) is 25.3. The van der Waals surface area contributed by atoms with Crippen LogP contribution in [0.25, 0.3) is 0 Å². The first-order valence-corrected chi connectivity index (χ1v) is 9.30. The van der Waals surface area contributed by atoms with Crippen LogP contribution >= 0.6 is 11.8 Å². The number of carbonyl (C=O) groups excluding carboxylic acids is 3. The summed E-state index contributed by atoms with van der Waals surface area (Å²) in [4.78, 5) is 38.1. The van der Waals surface area contributed by atoms with Gasteiger partial charge in [-0.25, -0.2) is 4.79 Å². The van der Waals surface area contributed by atoms with E-state index in [4.69, 9.17) is 10.00 Å². The highest BCUT2D eigenvalue weighted by molar-refractivity contribution is 8.01. The van der Waals surface area contributed by atoms with Gasteiger partial charge in [0.2, 0.25) is 5.91 Å². The Morgan fingerprint density at radius 2 is 2.27 bits per heavy atom. The van der Waals surface area contributed by atoms with Crippen LogP contribution in [0, 0.1) is 11.3 Å². The Balaban J connectivity index is 1.61. The van der Waals surface area contributed by atoms with Crippen molar-refractivity contribution in [2.24, 2.45) is 0 Å². The second-order valence-electron chi connectivity index (χ2n) is 6.53. The highest BCUT2D eigenvalue weighted by Gasteiger charge is 2.53. The standard InChI is InChI=1S/C18H19N3O4S/c1-11(16(23)20-13-5-3-4-12(8-13)9-19)25-17(24)14-10-26-18(2)7-6-15(22)21(14)18/h3-5,8,11,14H,6-7,10H2,1-2H3,(H,20,23)/t11-,14+,18+/m0/s1. The van der Waals surface area contributed by atoms with Crippen molar-refractivity contribution in [2.45, 2.75) is 43.7 Å². The number of hydrogen-bond acceptors (Lipinski definition) is 6. The number of esters is 1. The molecule has 0 spiro atoms. The number of nitrogens with one attached hydrogen (secondary N) is 1. The van der Waals surface area contributed by atoms with Gasteiger partial charge in [0.25, 0.3) is 5.91 Å². The van der Waals surface area contributed by atoms with E-state index in [9.17, 15) is 14.4 Å². The van der Waals surface area contributed by atoms with E-state index in [0.29, 0.717) is 29.8 Å². The summed E-state index contributed by atoms with van der Waals surface area (Å²) in [6, 6.07) is 7.80. The molecule has 26 heavy (non-hydrogen) atoms. The van der Waals surface area contributed by atoms with Crippen LogP contribution in [0.15, 0.2) is 24.3 Å². The van der Waals surface area contributed by atoms with E-state index in [1.54, 1.807) is 34.9 Å². The Morgan fingerprint density at radius 3 is 3.00 bits per heavy atom. The summed E-state index contributed by atoms with van der Waals surface area (Å²) in [5.74, 6) is -0.635. The number of amides is 2. The van der Waals surface area contributed by atoms with Gasteiger partial charge in [-0.3, -0.25) is 9.59 Å². The molecule has 2 aliphatic rings. The molecule has 2 aliphatic heterocycles. The van der Waals surface area contributed by atoms with Gasteiger partial charge >= 0.3 is 5.97 Å². The summed E-state index contributed by atoms with van der Waals surface area (Å²) in [5.41, 5.74) is 0.873. The lowest BCUT2D eigenvalue weighted by Crippen LogP contribution is -2.48. The van der Waals surface area contributed by atoms with Crippen LogP contribution in [0.1, 0.15) is 32.3 Å². The van der Waals surface area contributed by atoms with Crippen molar-refractivity contribution >= 4 is 35.2 Å². The molecule has 2 saturated heterocycles. The molecule has 7 nitrogen and oxygen atoms in total. The Kier molecular flexibility index (Phi) is 4.92. The Labute approximate surface area is 155 Å². The fourth-order valence-electron chi connectivity index (χ4n) is 3.21. The molecule has 0 saturated carbocycles. The molecule has 136 valence electrons. The summed E-state index contributed by atoms with van der Waals surface area (Å²) < 4.78 is 5.30. The maximum absolute atomic E-state index is 12.5. The van der Waals surface area contributed by atoms with E-state index in [2.05, 4.69) is 5.32 Å². The van der Waals surface area contributed by atoms with Gasteiger partial charge in [0.15, 0.2) is 6.10 Å². The number of fused-ring (bicyclic) bond motifs is 1. The van der Waals surface area contributed by atoms with Crippen LogP contribution in [-0.2, 0) is 19.1 Å². The van der Waals surface area contributed by atoms with Crippen LogP contribution in [0.2, 0.25) is 0 Å². The van der Waals surface area contributed by atoms with Crippen LogP contribution in [0.5, 0.6) is 0 Å². The second-order valence-corrected chi connectivity index (χ2v) is 8.03. The van der Waals surface area contributed by atoms with Gasteiger partial charge < -0.3 is 15.0 Å². The molecule has 2 amide bonds. The summed E-state index contributed by atoms with van der Waals surface area (Å²) in [6.07, 6.45) is 0.132. The number of nitriles is 1. The molecule has 2 heterocycles. The number of hydrogen-bond donors (Lipinski definition) is 1. The molecule has 1 aromatic rings. The van der Waals surface area contributed by atoms with Gasteiger partial charge in [0.1, 0.15) is 6.04 Å². The largest absolute Gasteiger partial charge is 0.451 e. The first-order chi connectivity index (χ1) is 12.3. The summed E-state index contributed by atoms with van der Waals surface area (Å²) in [7, 11) is 0. The van der Waals surface area contributed by atoms with E-state index >= 15 is 0 Å². The van der Waals surface area contributed by atoms with Crippen LogP contribution in [-0.4, -0.2) is 45.5 Å². The van der Waals surface area contributed by atoms with Crippen LogP contribution < -0.4 is 5.32 Å². The predicted molar refractivity (Wildman–Crippen MR) is 96.1 cm³/mol. The van der Waals surface area contributed by atoms with Crippen LogP contribution in [0.3, 0.4) is 0 Å². The molecule has 3 atom stereocenters. The van der Waals surface area contributed by atoms with Gasteiger partial charge in [-0.2, -0.15) is 5.26 Å². The second kappa shape index (κ2) is 7.00. The molecule has 3 rings (SSSR count). The van der Waals surface area contributed by atoms with E-state index in [0.717, 1.165) is 0 Å². The number of benzene rings is 1.